The standard InChI is InChI=1S/C39H40Cl2N4O4S/c1-39(2)18-17-29(36(24-39)27-3-6-31(40)7-4-27)25-43-19-21-44(22-20-43)33-10-14-35(15-11-33)50-42-38(46)28-5-16-37(45(47)48)30(23-28)26-49-34-12-8-32(41)9-13-34/h3-16,23H,17-22,24-26H2,1-2H3,(H,42,46). The van der Waals surface area contributed by atoms with Crippen molar-refractivity contribution in [2.45, 2.75) is 44.6 Å². The summed E-state index contributed by atoms with van der Waals surface area (Å²) in [4.78, 5) is 30.0. The highest BCUT2D eigenvalue weighted by atomic mass is 35.5. The molecule has 4 aromatic carbocycles. The van der Waals surface area contributed by atoms with Crippen molar-refractivity contribution in [3.63, 3.8) is 0 Å². The highest BCUT2D eigenvalue weighted by molar-refractivity contribution is 7.98. The number of allylic oxidation sites excluding steroid dienone is 1. The number of piperazine rings is 1. The summed E-state index contributed by atoms with van der Waals surface area (Å²) in [6.45, 7) is 9.56. The van der Waals surface area contributed by atoms with Gasteiger partial charge in [-0.15, -0.1) is 0 Å². The van der Waals surface area contributed by atoms with Gasteiger partial charge in [-0.25, -0.2) is 0 Å². The molecule has 11 heteroatoms. The van der Waals surface area contributed by atoms with E-state index in [2.05, 4.69) is 52.6 Å². The topological polar surface area (TPSA) is 88.0 Å². The molecule has 50 heavy (non-hydrogen) atoms. The van der Waals surface area contributed by atoms with Crippen molar-refractivity contribution >= 4 is 58.0 Å². The van der Waals surface area contributed by atoms with Crippen LogP contribution in [0.1, 0.15) is 54.6 Å². The third-order valence-corrected chi connectivity index (χ3v) is 10.7. The molecule has 8 nitrogen and oxygen atoms in total. The first kappa shape index (κ1) is 35.8. The number of halogens is 2. The number of nitrogens with one attached hydrogen (secondary N) is 1. The fourth-order valence-electron chi connectivity index (χ4n) is 6.50. The zero-order valence-electron chi connectivity index (χ0n) is 28.2. The number of hydrogen-bond donors (Lipinski definition) is 1. The molecule has 0 aromatic heterocycles. The van der Waals surface area contributed by atoms with Crippen LogP contribution in [0.15, 0.2) is 101 Å². The quantitative estimate of drug-likeness (QED) is 0.0934. The molecule has 1 amide bonds. The Morgan fingerprint density at radius 1 is 0.920 bits per heavy atom. The van der Waals surface area contributed by atoms with Gasteiger partial charge in [-0.1, -0.05) is 54.8 Å². The Hall–Kier alpha value is -4.02. The van der Waals surface area contributed by atoms with E-state index in [0.717, 1.165) is 61.2 Å². The molecule has 0 spiro atoms. The second-order valence-corrected chi connectivity index (χ2v) is 15.3. The van der Waals surface area contributed by atoms with Gasteiger partial charge in [0, 0.05) is 65.0 Å². The third kappa shape index (κ3) is 9.20. The maximum Gasteiger partial charge on any atom is 0.276 e. The largest absolute Gasteiger partial charge is 0.489 e. The summed E-state index contributed by atoms with van der Waals surface area (Å²) in [5, 5.41) is 12.9. The van der Waals surface area contributed by atoms with E-state index in [0.29, 0.717) is 27.3 Å². The molecule has 0 saturated carbocycles. The molecule has 0 radical (unpaired) electrons. The fraction of sp³-hybridized carbons (Fsp3) is 0.308. The molecule has 2 aliphatic rings. The van der Waals surface area contributed by atoms with Gasteiger partial charge in [0.2, 0.25) is 0 Å². The van der Waals surface area contributed by atoms with E-state index in [1.165, 1.54) is 47.7 Å². The Balaban J connectivity index is 1.02. The number of carbonyl (C=O) groups is 1. The van der Waals surface area contributed by atoms with Crippen LogP contribution in [-0.4, -0.2) is 48.5 Å². The minimum atomic E-state index is -0.480. The molecule has 260 valence electrons. The Labute approximate surface area is 307 Å². The van der Waals surface area contributed by atoms with E-state index >= 15 is 0 Å². The number of rotatable bonds is 11. The summed E-state index contributed by atoms with van der Waals surface area (Å²) < 4.78 is 8.58. The average Bonchev–Trinajstić information content (AvgIpc) is 3.12. The van der Waals surface area contributed by atoms with Crippen molar-refractivity contribution in [2.24, 2.45) is 5.41 Å². The molecule has 1 N–H and O–H groups in total. The summed E-state index contributed by atoms with van der Waals surface area (Å²) >= 11 is 13.3. The predicted molar refractivity (Wildman–Crippen MR) is 203 cm³/mol. The summed E-state index contributed by atoms with van der Waals surface area (Å²) in [6, 6.07) is 27.5. The Morgan fingerprint density at radius 3 is 2.24 bits per heavy atom. The van der Waals surface area contributed by atoms with Crippen LogP contribution >= 0.6 is 35.1 Å². The van der Waals surface area contributed by atoms with E-state index < -0.39 is 4.92 Å². The molecule has 4 aromatic rings. The highest BCUT2D eigenvalue weighted by Crippen LogP contribution is 2.43. The van der Waals surface area contributed by atoms with Gasteiger partial charge in [-0.2, -0.15) is 0 Å². The zero-order chi connectivity index (χ0) is 35.3. The zero-order valence-corrected chi connectivity index (χ0v) is 30.5. The van der Waals surface area contributed by atoms with Crippen molar-refractivity contribution < 1.29 is 14.5 Å². The summed E-state index contributed by atoms with van der Waals surface area (Å²) in [6.07, 6.45) is 3.42. The van der Waals surface area contributed by atoms with Crippen molar-refractivity contribution in [3.8, 4) is 5.75 Å². The number of anilines is 1. The van der Waals surface area contributed by atoms with Gasteiger partial charge in [-0.05, 0) is 121 Å². The number of hydrogen-bond acceptors (Lipinski definition) is 7. The van der Waals surface area contributed by atoms with Crippen LogP contribution in [0, 0.1) is 15.5 Å². The van der Waals surface area contributed by atoms with Crippen molar-refractivity contribution in [2.75, 3.05) is 37.6 Å². The number of nitrogens with zero attached hydrogens (tertiary/aromatic N) is 3. The summed E-state index contributed by atoms with van der Waals surface area (Å²) in [5.74, 6) is 0.165. The Kier molecular flexibility index (Phi) is 11.4. The SMILES string of the molecule is CC1(C)CCC(CN2CCN(c3ccc(SNC(=O)c4ccc([N+](=O)[O-])c(COc5ccc(Cl)cc5)c4)cc3)CC2)=C(c2ccc(Cl)cc2)C1. The maximum atomic E-state index is 13.0. The number of amides is 1. The molecule has 0 atom stereocenters. The number of carbonyl (C=O) groups excluding carboxylic acids is 1. The summed E-state index contributed by atoms with van der Waals surface area (Å²) in [5.41, 5.74) is 6.28. The lowest BCUT2D eigenvalue weighted by molar-refractivity contribution is -0.385. The monoisotopic (exact) mass is 730 g/mol. The molecule has 1 heterocycles. The first-order valence-electron chi connectivity index (χ1n) is 16.7. The van der Waals surface area contributed by atoms with Crippen LogP contribution in [-0.2, 0) is 6.61 Å². The van der Waals surface area contributed by atoms with Crippen molar-refractivity contribution in [1.29, 1.82) is 0 Å². The van der Waals surface area contributed by atoms with Gasteiger partial charge in [0.1, 0.15) is 12.4 Å². The molecule has 0 unspecified atom stereocenters. The number of nitro benzene ring substituents is 1. The second kappa shape index (κ2) is 15.9. The van der Waals surface area contributed by atoms with Gasteiger partial charge in [0.15, 0.2) is 0 Å². The Morgan fingerprint density at radius 2 is 1.58 bits per heavy atom. The summed E-state index contributed by atoms with van der Waals surface area (Å²) in [7, 11) is 0. The molecule has 1 fully saturated rings. The lowest BCUT2D eigenvalue weighted by Gasteiger charge is -2.39. The van der Waals surface area contributed by atoms with E-state index in [1.54, 1.807) is 29.8 Å². The van der Waals surface area contributed by atoms with Crippen LogP contribution in [0.5, 0.6) is 5.75 Å². The van der Waals surface area contributed by atoms with Gasteiger partial charge < -0.3 is 9.64 Å². The van der Waals surface area contributed by atoms with Crippen LogP contribution in [0.25, 0.3) is 5.57 Å². The molecule has 0 bridgehead atoms. The van der Waals surface area contributed by atoms with Crippen molar-refractivity contribution in [1.82, 2.24) is 9.62 Å². The second-order valence-electron chi connectivity index (χ2n) is 13.6. The normalized spacial score (nSPS) is 16.3. The van der Waals surface area contributed by atoms with Crippen LogP contribution < -0.4 is 14.4 Å². The molecular weight excluding hydrogens is 691 g/mol. The van der Waals surface area contributed by atoms with E-state index in [-0.39, 0.29) is 18.2 Å². The van der Waals surface area contributed by atoms with E-state index in [9.17, 15) is 14.9 Å². The fourth-order valence-corrected chi connectivity index (χ4v) is 7.35. The van der Waals surface area contributed by atoms with Crippen molar-refractivity contribution in [3.05, 3.63) is 133 Å². The van der Waals surface area contributed by atoms with Crippen LogP contribution in [0.3, 0.4) is 0 Å². The molecule has 1 saturated heterocycles. The van der Waals surface area contributed by atoms with Gasteiger partial charge in [0.05, 0.1) is 10.5 Å². The first-order valence-corrected chi connectivity index (χ1v) is 18.3. The maximum absolute atomic E-state index is 13.0. The molecule has 1 aliphatic carbocycles. The molecule has 1 aliphatic heterocycles. The van der Waals surface area contributed by atoms with Gasteiger partial charge in [-0.3, -0.25) is 24.5 Å². The third-order valence-electron chi connectivity index (χ3n) is 9.37. The number of ether oxygens (including phenoxy) is 1. The predicted octanol–water partition coefficient (Wildman–Crippen LogP) is 9.70. The molecule has 6 rings (SSSR count). The first-order chi connectivity index (χ1) is 24.0. The van der Waals surface area contributed by atoms with E-state index in [4.69, 9.17) is 27.9 Å². The van der Waals surface area contributed by atoms with E-state index in [1.807, 2.05) is 24.3 Å². The highest BCUT2D eigenvalue weighted by Gasteiger charge is 2.29. The smallest absolute Gasteiger partial charge is 0.276 e. The van der Waals surface area contributed by atoms with Gasteiger partial charge in [0.25, 0.3) is 11.6 Å². The molecular formula is C39H40Cl2N4O4S. The van der Waals surface area contributed by atoms with Gasteiger partial charge >= 0.3 is 0 Å². The minimum Gasteiger partial charge on any atom is -0.489 e. The van der Waals surface area contributed by atoms with Crippen LogP contribution in [0.4, 0.5) is 11.4 Å². The minimum absolute atomic E-state index is 0.0669. The Bertz CT molecular complexity index is 1860. The number of nitro groups is 1. The number of benzene rings is 4. The van der Waals surface area contributed by atoms with Crippen LogP contribution in [0.2, 0.25) is 10.0 Å². The lowest BCUT2D eigenvalue weighted by Crippen LogP contribution is -2.47. The lowest BCUT2D eigenvalue weighted by atomic mass is 9.72. The average molecular weight is 732 g/mol.